The topological polar surface area (TPSA) is 55.1 Å². The Kier molecular flexibility index (Phi) is 2.93. The van der Waals surface area contributed by atoms with Gasteiger partial charge >= 0.3 is 0 Å². The third-order valence-electron chi connectivity index (χ3n) is 4.71. The van der Waals surface area contributed by atoms with E-state index in [1.54, 1.807) is 0 Å². The van der Waals surface area contributed by atoms with Crippen molar-refractivity contribution in [1.82, 2.24) is 5.16 Å². The van der Waals surface area contributed by atoms with E-state index in [1.165, 1.54) is 11.1 Å². The summed E-state index contributed by atoms with van der Waals surface area (Å²) in [5.41, 5.74) is 6.11. The Bertz CT molecular complexity index is 801. The van der Waals surface area contributed by atoms with Crippen LogP contribution in [0.1, 0.15) is 47.6 Å². The van der Waals surface area contributed by atoms with Gasteiger partial charge in [-0.1, -0.05) is 29.4 Å². The molecule has 0 saturated heterocycles. The number of carbonyl (C=O) groups excluding carboxylic acids is 1. The molecule has 0 radical (unpaired) electrons. The highest BCUT2D eigenvalue weighted by Gasteiger charge is 2.38. The number of nitrogens with zero attached hydrogens (tertiary/aromatic N) is 1. The molecule has 0 amide bonds. The van der Waals surface area contributed by atoms with Crippen molar-refractivity contribution in [2.75, 3.05) is 5.32 Å². The summed E-state index contributed by atoms with van der Waals surface area (Å²) in [5, 5.41) is 7.41. The Hall–Kier alpha value is -2.36. The Labute approximate surface area is 129 Å². The Morgan fingerprint density at radius 2 is 2.05 bits per heavy atom. The van der Waals surface area contributed by atoms with E-state index in [0.29, 0.717) is 12.3 Å². The summed E-state index contributed by atoms with van der Waals surface area (Å²) in [6, 6.07) is 8.25. The molecule has 0 spiro atoms. The minimum atomic E-state index is -0.0634. The SMILES string of the molecule is Cc1ccccc1C1C2=C(CCCC2=O)Nc2onc(C)c21. The smallest absolute Gasteiger partial charge is 0.233 e. The van der Waals surface area contributed by atoms with Gasteiger partial charge in [-0.25, -0.2) is 0 Å². The van der Waals surface area contributed by atoms with Gasteiger partial charge in [-0.2, -0.15) is 0 Å². The van der Waals surface area contributed by atoms with Crippen LogP contribution in [0.15, 0.2) is 40.1 Å². The molecule has 4 rings (SSSR count). The van der Waals surface area contributed by atoms with E-state index in [4.69, 9.17) is 4.52 Å². The van der Waals surface area contributed by atoms with Gasteiger partial charge in [-0.15, -0.1) is 0 Å². The number of allylic oxidation sites excluding steroid dienone is 2. The minimum Gasteiger partial charge on any atom is -0.338 e. The monoisotopic (exact) mass is 294 g/mol. The average molecular weight is 294 g/mol. The predicted molar refractivity (Wildman–Crippen MR) is 83.8 cm³/mol. The van der Waals surface area contributed by atoms with Crippen molar-refractivity contribution in [2.45, 2.75) is 39.0 Å². The maximum atomic E-state index is 12.6. The van der Waals surface area contributed by atoms with Crippen molar-refractivity contribution in [2.24, 2.45) is 0 Å². The number of fused-ring (bicyclic) bond motifs is 1. The molecule has 4 heteroatoms. The third-order valence-corrected chi connectivity index (χ3v) is 4.71. The number of Topliss-reactive ketones (excluding diaryl/α,β-unsaturated/α-hetero) is 1. The first-order valence-electron chi connectivity index (χ1n) is 7.71. The van der Waals surface area contributed by atoms with Crippen LogP contribution < -0.4 is 5.32 Å². The van der Waals surface area contributed by atoms with Gasteiger partial charge in [0.2, 0.25) is 5.88 Å². The fourth-order valence-corrected chi connectivity index (χ4v) is 3.64. The number of ketones is 1. The molecule has 1 aromatic heterocycles. The summed E-state index contributed by atoms with van der Waals surface area (Å²) < 4.78 is 5.46. The summed E-state index contributed by atoms with van der Waals surface area (Å²) >= 11 is 0. The van der Waals surface area contributed by atoms with Crippen molar-refractivity contribution in [3.63, 3.8) is 0 Å². The van der Waals surface area contributed by atoms with E-state index in [0.717, 1.165) is 35.4 Å². The summed E-state index contributed by atoms with van der Waals surface area (Å²) in [7, 11) is 0. The van der Waals surface area contributed by atoms with Gasteiger partial charge in [0, 0.05) is 23.6 Å². The second kappa shape index (κ2) is 4.83. The van der Waals surface area contributed by atoms with E-state index in [-0.39, 0.29) is 11.7 Å². The van der Waals surface area contributed by atoms with Gasteiger partial charge in [0.25, 0.3) is 0 Å². The highest BCUT2D eigenvalue weighted by molar-refractivity contribution is 6.01. The average Bonchev–Trinajstić information content (AvgIpc) is 2.88. The lowest BCUT2D eigenvalue weighted by atomic mass is 9.75. The molecule has 1 unspecified atom stereocenters. The van der Waals surface area contributed by atoms with Crippen LogP contribution in [0.25, 0.3) is 0 Å². The maximum Gasteiger partial charge on any atom is 0.233 e. The number of benzene rings is 1. The van der Waals surface area contributed by atoms with Crippen LogP contribution in [0.2, 0.25) is 0 Å². The van der Waals surface area contributed by atoms with Gasteiger partial charge in [-0.3, -0.25) is 4.79 Å². The number of nitrogens with one attached hydrogen (secondary N) is 1. The zero-order chi connectivity index (χ0) is 15.3. The number of hydrogen-bond acceptors (Lipinski definition) is 4. The number of aryl methyl sites for hydroxylation is 2. The lowest BCUT2D eigenvalue weighted by molar-refractivity contribution is -0.116. The molecular weight excluding hydrogens is 276 g/mol. The summed E-state index contributed by atoms with van der Waals surface area (Å²) in [4.78, 5) is 12.6. The molecule has 4 nitrogen and oxygen atoms in total. The molecule has 22 heavy (non-hydrogen) atoms. The number of carbonyl (C=O) groups is 1. The van der Waals surface area contributed by atoms with Gasteiger partial charge in [0.05, 0.1) is 11.3 Å². The zero-order valence-corrected chi connectivity index (χ0v) is 12.8. The van der Waals surface area contributed by atoms with Crippen LogP contribution in [0.5, 0.6) is 0 Å². The Balaban J connectivity index is 1.99. The molecule has 0 fully saturated rings. The molecule has 1 N–H and O–H groups in total. The van der Waals surface area contributed by atoms with Crippen LogP contribution in [-0.4, -0.2) is 10.9 Å². The fourth-order valence-electron chi connectivity index (χ4n) is 3.64. The van der Waals surface area contributed by atoms with Gasteiger partial charge in [0.15, 0.2) is 5.78 Å². The predicted octanol–water partition coefficient (Wildman–Crippen LogP) is 3.86. The van der Waals surface area contributed by atoms with Crippen molar-refractivity contribution >= 4 is 11.7 Å². The molecule has 1 aliphatic carbocycles. The summed E-state index contributed by atoms with van der Waals surface area (Å²) in [6.45, 7) is 4.03. The summed E-state index contributed by atoms with van der Waals surface area (Å²) in [6.07, 6.45) is 2.42. The van der Waals surface area contributed by atoms with E-state index < -0.39 is 0 Å². The number of anilines is 1. The number of aromatic nitrogens is 1. The Morgan fingerprint density at radius 3 is 2.86 bits per heavy atom. The first-order valence-corrected chi connectivity index (χ1v) is 7.71. The standard InChI is InChI=1S/C18H18N2O2/c1-10-6-3-4-7-12(10)16-15-11(2)20-22-18(15)19-13-8-5-9-14(21)17(13)16/h3-4,6-7,16,19H,5,8-9H2,1-2H3. The van der Waals surface area contributed by atoms with E-state index >= 15 is 0 Å². The van der Waals surface area contributed by atoms with E-state index in [9.17, 15) is 4.79 Å². The molecular formula is C18H18N2O2. The van der Waals surface area contributed by atoms with Crippen LogP contribution >= 0.6 is 0 Å². The molecule has 2 aliphatic rings. The highest BCUT2D eigenvalue weighted by atomic mass is 16.5. The number of rotatable bonds is 1. The van der Waals surface area contributed by atoms with Crippen molar-refractivity contribution < 1.29 is 9.32 Å². The Morgan fingerprint density at radius 1 is 1.23 bits per heavy atom. The van der Waals surface area contributed by atoms with E-state index in [1.807, 2.05) is 19.1 Å². The quantitative estimate of drug-likeness (QED) is 0.867. The molecule has 2 aromatic rings. The second-order valence-electron chi connectivity index (χ2n) is 6.09. The maximum absolute atomic E-state index is 12.6. The number of hydrogen-bond donors (Lipinski definition) is 1. The normalized spacial score (nSPS) is 20.5. The first-order chi connectivity index (χ1) is 10.7. The largest absolute Gasteiger partial charge is 0.338 e. The van der Waals surface area contributed by atoms with Gasteiger partial charge in [0.1, 0.15) is 0 Å². The lowest BCUT2D eigenvalue weighted by Crippen LogP contribution is -2.27. The van der Waals surface area contributed by atoms with Gasteiger partial charge in [-0.05, 0) is 37.8 Å². The molecule has 1 aromatic carbocycles. The molecule has 1 atom stereocenters. The minimum absolute atomic E-state index is 0.0634. The molecule has 0 bridgehead atoms. The molecule has 2 heterocycles. The molecule has 0 saturated carbocycles. The van der Waals surface area contributed by atoms with Crippen LogP contribution in [0, 0.1) is 13.8 Å². The van der Waals surface area contributed by atoms with Gasteiger partial charge < -0.3 is 9.84 Å². The second-order valence-corrected chi connectivity index (χ2v) is 6.09. The van der Waals surface area contributed by atoms with Crippen LogP contribution in [-0.2, 0) is 4.79 Å². The van der Waals surface area contributed by atoms with Crippen LogP contribution in [0.4, 0.5) is 5.88 Å². The van der Waals surface area contributed by atoms with Crippen molar-refractivity contribution in [1.29, 1.82) is 0 Å². The van der Waals surface area contributed by atoms with Crippen molar-refractivity contribution in [3.05, 3.63) is 57.9 Å². The highest BCUT2D eigenvalue weighted by Crippen LogP contribution is 2.47. The van der Waals surface area contributed by atoms with Crippen LogP contribution in [0.3, 0.4) is 0 Å². The van der Waals surface area contributed by atoms with Crippen molar-refractivity contribution in [3.8, 4) is 0 Å². The lowest BCUT2D eigenvalue weighted by Gasteiger charge is -2.31. The molecule has 1 aliphatic heterocycles. The fraction of sp³-hybridized carbons (Fsp3) is 0.333. The van der Waals surface area contributed by atoms with E-state index in [2.05, 4.69) is 29.5 Å². The first kappa shape index (κ1) is 13.3. The summed E-state index contributed by atoms with van der Waals surface area (Å²) in [5.74, 6) is 0.874. The third kappa shape index (κ3) is 1.83. The molecule has 112 valence electrons. The zero-order valence-electron chi connectivity index (χ0n) is 12.8.